The van der Waals surface area contributed by atoms with Crippen molar-refractivity contribution in [3.63, 3.8) is 0 Å². The Hall–Kier alpha value is -0.870. The van der Waals surface area contributed by atoms with Crippen LogP contribution in [0.2, 0.25) is 0 Å². The SMILES string of the molecule is CCCCCCCCCCCCCCOc1ccc(C(CC(=O)CC(c2ccc(OCCCCCCCCCCCCCC)c(OC)c2)S(=O)(=O)[O-])S(=O)(=O)[O-])cc1OC.[Na+].[Na+]. The molecule has 0 aliphatic heterocycles. The van der Waals surface area contributed by atoms with E-state index in [4.69, 9.17) is 18.9 Å². The molecule has 11 nitrogen and oxygen atoms in total. The van der Waals surface area contributed by atoms with Gasteiger partial charge in [0.25, 0.3) is 0 Å². The third-order valence-electron chi connectivity index (χ3n) is 11.2. The molecule has 2 aromatic rings. The molecule has 0 aromatic heterocycles. The van der Waals surface area contributed by atoms with Crippen LogP contribution in [0.4, 0.5) is 0 Å². The van der Waals surface area contributed by atoms with E-state index in [0.717, 1.165) is 38.5 Å². The number of Topliss-reactive ketones (excluding diaryl/α,β-unsaturated/α-hetero) is 1. The van der Waals surface area contributed by atoms with E-state index in [1.807, 2.05) is 0 Å². The first-order valence-corrected chi connectivity index (χ1v) is 25.8. The number of carbonyl (C=O) groups excluding carboxylic acids is 1. The standard InChI is InChI=1S/C47H78O11S2.2Na/c1-5-7-9-11-13-15-17-19-21-23-25-27-33-57-42-31-29-39(35-44(42)55-3)46(59(49,50)51)37-41(48)38-47(60(52,53)54)40-30-32-43(45(36-40)56-4)58-34-28-26-24-22-20-18-16-14-12-10-8-6-2;;/h29-32,35-36,46-47H,5-28,33-34,37-38H2,1-4H3,(H,49,50,51)(H,52,53,54);;/q;2*+1/p-2. The fourth-order valence-corrected chi connectivity index (χ4v) is 9.27. The monoisotopic (exact) mass is 926 g/mol. The summed E-state index contributed by atoms with van der Waals surface area (Å²) >= 11 is 0. The molecule has 15 heteroatoms. The number of ether oxygens (including phenoxy) is 4. The van der Waals surface area contributed by atoms with Crippen LogP contribution in [-0.2, 0) is 25.0 Å². The Labute approximate surface area is 420 Å². The predicted octanol–water partition coefficient (Wildman–Crippen LogP) is 6.09. The summed E-state index contributed by atoms with van der Waals surface area (Å²) < 4.78 is 97.6. The molecular weight excluding hydrogens is 851 g/mol. The molecule has 0 radical (unpaired) electrons. The normalized spacial score (nSPS) is 12.5. The second kappa shape index (κ2) is 36.3. The number of unbranched alkanes of at least 4 members (excludes halogenated alkanes) is 22. The van der Waals surface area contributed by atoms with Crippen LogP contribution in [0.3, 0.4) is 0 Å². The summed E-state index contributed by atoms with van der Waals surface area (Å²) in [7, 11) is -7.43. The Bertz CT molecular complexity index is 1570. The molecule has 0 bridgehead atoms. The van der Waals surface area contributed by atoms with Gasteiger partial charge in [-0.1, -0.05) is 167 Å². The van der Waals surface area contributed by atoms with E-state index in [1.165, 1.54) is 166 Å². The number of hydrogen-bond donors (Lipinski definition) is 0. The zero-order chi connectivity index (χ0) is 44.1. The fraction of sp³-hybridized carbons (Fsp3) is 0.723. The van der Waals surface area contributed by atoms with Gasteiger partial charge in [0, 0.05) is 12.8 Å². The van der Waals surface area contributed by atoms with Crippen LogP contribution >= 0.6 is 0 Å². The van der Waals surface area contributed by atoms with Gasteiger partial charge >= 0.3 is 59.1 Å². The summed E-state index contributed by atoms with van der Waals surface area (Å²) in [4.78, 5) is 13.3. The van der Waals surface area contributed by atoms with Gasteiger partial charge in [-0.3, -0.25) is 4.79 Å². The summed E-state index contributed by atoms with van der Waals surface area (Å²) in [5, 5.41) is -3.69. The average Bonchev–Trinajstić information content (AvgIpc) is 3.21. The topological polar surface area (TPSA) is 168 Å². The molecule has 344 valence electrons. The van der Waals surface area contributed by atoms with Gasteiger partial charge < -0.3 is 28.1 Å². The molecule has 0 fully saturated rings. The van der Waals surface area contributed by atoms with Crippen LogP contribution in [0.25, 0.3) is 0 Å². The summed E-state index contributed by atoms with van der Waals surface area (Å²) in [6.07, 6.45) is 27.4. The van der Waals surface area contributed by atoms with E-state index in [9.17, 15) is 30.7 Å². The maximum absolute atomic E-state index is 13.3. The second-order valence-electron chi connectivity index (χ2n) is 16.2. The number of carbonyl (C=O) groups is 1. The summed E-state index contributed by atoms with van der Waals surface area (Å²) in [6.45, 7) is 5.32. The Morgan fingerprint density at radius 3 is 1.00 bits per heavy atom. The van der Waals surface area contributed by atoms with Crippen molar-refractivity contribution in [3.8, 4) is 23.0 Å². The van der Waals surface area contributed by atoms with Gasteiger partial charge in [0.05, 0.1) is 37.9 Å². The molecule has 0 saturated carbocycles. The quantitative estimate of drug-likeness (QED) is 0.0434. The first-order valence-electron chi connectivity index (χ1n) is 22.9. The zero-order valence-electron chi connectivity index (χ0n) is 39.2. The first-order chi connectivity index (χ1) is 28.8. The minimum Gasteiger partial charge on any atom is -0.747 e. The second-order valence-corrected chi connectivity index (χ2v) is 19.3. The molecular formula is C47H76Na2O11S2. The largest absolute Gasteiger partial charge is 1.00 e. The van der Waals surface area contributed by atoms with Crippen molar-refractivity contribution in [1.29, 1.82) is 0 Å². The van der Waals surface area contributed by atoms with E-state index in [-0.39, 0.29) is 81.7 Å². The number of hydrogen-bond acceptors (Lipinski definition) is 11. The summed E-state index contributed by atoms with van der Waals surface area (Å²) in [5.74, 6) is 0.235. The zero-order valence-corrected chi connectivity index (χ0v) is 44.9. The van der Waals surface area contributed by atoms with Crippen LogP contribution in [0, 0.1) is 0 Å². The number of benzene rings is 2. The number of methoxy groups -OCH3 is 2. The fourth-order valence-electron chi connectivity index (χ4n) is 7.53. The van der Waals surface area contributed by atoms with E-state index in [1.54, 1.807) is 0 Å². The maximum atomic E-state index is 13.3. The van der Waals surface area contributed by atoms with Crippen LogP contribution in [-0.4, -0.2) is 59.2 Å². The van der Waals surface area contributed by atoms with E-state index >= 15 is 0 Å². The van der Waals surface area contributed by atoms with Gasteiger partial charge in [-0.2, -0.15) is 0 Å². The van der Waals surface area contributed by atoms with Gasteiger partial charge in [0.2, 0.25) is 0 Å². The van der Waals surface area contributed by atoms with Gasteiger partial charge in [0.1, 0.15) is 26.0 Å². The molecule has 0 N–H and O–H groups in total. The molecule has 0 heterocycles. The molecule has 0 aliphatic rings. The minimum absolute atomic E-state index is 0. The molecule has 0 saturated heterocycles. The van der Waals surface area contributed by atoms with Crippen molar-refractivity contribution >= 4 is 26.0 Å². The van der Waals surface area contributed by atoms with Crippen LogP contribution in [0.1, 0.15) is 202 Å². The molecule has 62 heavy (non-hydrogen) atoms. The molecule has 2 aromatic carbocycles. The number of rotatable bonds is 38. The Morgan fingerprint density at radius 2 is 0.742 bits per heavy atom. The number of ketones is 1. The Balaban J connectivity index is 0.0000186. The summed E-state index contributed by atoms with van der Waals surface area (Å²) in [6, 6.07) is 8.44. The smallest absolute Gasteiger partial charge is 0.747 e. The molecule has 2 atom stereocenters. The summed E-state index contributed by atoms with van der Waals surface area (Å²) in [5.41, 5.74) is -0.0171. The molecule has 2 rings (SSSR count). The molecule has 2 unspecified atom stereocenters. The van der Waals surface area contributed by atoms with Crippen molar-refractivity contribution in [2.75, 3.05) is 27.4 Å². The van der Waals surface area contributed by atoms with E-state index in [0.29, 0.717) is 24.7 Å². The van der Waals surface area contributed by atoms with Crippen molar-refractivity contribution < 1.29 is 109 Å². The minimum atomic E-state index is -5.10. The molecule has 0 spiro atoms. The van der Waals surface area contributed by atoms with Crippen molar-refractivity contribution in [2.24, 2.45) is 0 Å². The van der Waals surface area contributed by atoms with Gasteiger partial charge in [-0.15, -0.1) is 0 Å². The third-order valence-corrected chi connectivity index (χ3v) is 13.4. The van der Waals surface area contributed by atoms with Crippen LogP contribution in [0.5, 0.6) is 23.0 Å². The van der Waals surface area contributed by atoms with Crippen molar-refractivity contribution in [2.45, 2.75) is 191 Å². The predicted molar refractivity (Wildman–Crippen MR) is 238 cm³/mol. The third kappa shape index (κ3) is 26.3. The van der Waals surface area contributed by atoms with Crippen LogP contribution in [0.15, 0.2) is 36.4 Å². The Morgan fingerprint density at radius 1 is 0.468 bits per heavy atom. The van der Waals surface area contributed by atoms with Crippen molar-refractivity contribution in [1.82, 2.24) is 0 Å². The maximum Gasteiger partial charge on any atom is 1.00 e. The van der Waals surface area contributed by atoms with E-state index in [2.05, 4.69) is 13.8 Å². The van der Waals surface area contributed by atoms with Crippen molar-refractivity contribution in [3.05, 3.63) is 47.5 Å². The average molecular weight is 927 g/mol. The van der Waals surface area contributed by atoms with Gasteiger partial charge in [-0.25, -0.2) is 16.8 Å². The molecule has 0 aliphatic carbocycles. The Kier molecular flexibility index (Phi) is 35.8. The molecule has 0 amide bonds. The van der Waals surface area contributed by atoms with E-state index < -0.39 is 49.4 Å². The van der Waals surface area contributed by atoms with Gasteiger partial charge in [0.15, 0.2) is 23.0 Å². The van der Waals surface area contributed by atoms with Gasteiger partial charge in [-0.05, 0) is 48.2 Å². The first kappa shape index (κ1) is 61.1. The van der Waals surface area contributed by atoms with Crippen LogP contribution < -0.4 is 78.1 Å².